The molecule has 4 aromatic rings. The van der Waals surface area contributed by atoms with Gasteiger partial charge in [-0.25, -0.2) is 9.67 Å². The smallest absolute Gasteiger partial charge is 0.277 e. The minimum absolute atomic E-state index is 0.136. The maximum atomic E-state index is 12.4. The van der Waals surface area contributed by atoms with Gasteiger partial charge in [0.25, 0.3) is 5.91 Å². The summed E-state index contributed by atoms with van der Waals surface area (Å²) in [6, 6.07) is 10.2. The highest BCUT2D eigenvalue weighted by atomic mass is 16.5. The van der Waals surface area contributed by atoms with Gasteiger partial charge < -0.3 is 14.3 Å². The molecule has 4 aromatic heterocycles. The number of carbonyl (C=O) groups excluding carboxylic acids is 1. The van der Waals surface area contributed by atoms with E-state index >= 15 is 0 Å². The lowest BCUT2D eigenvalue weighted by Crippen LogP contribution is -2.15. The van der Waals surface area contributed by atoms with E-state index in [0.717, 1.165) is 0 Å². The van der Waals surface area contributed by atoms with Crippen LogP contribution in [-0.2, 0) is 0 Å². The van der Waals surface area contributed by atoms with Crippen LogP contribution in [0.3, 0.4) is 0 Å². The molecular formula is C16H11N5O3. The van der Waals surface area contributed by atoms with Crippen LogP contribution in [0, 0.1) is 0 Å². The molecule has 0 saturated carbocycles. The Balaban J connectivity index is 1.59. The lowest BCUT2D eigenvalue weighted by Gasteiger charge is -2.08. The molecule has 0 bridgehead atoms. The van der Waals surface area contributed by atoms with E-state index in [2.05, 4.69) is 20.6 Å². The first kappa shape index (κ1) is 13.9. The summed E-state index contributed by atoms with van der Waals surface area (Å²) in [6.45, 7) is 0. The molecule has 118 valence electrons. The van der Waals surface area contributed by atoms with Crippen molar-refractivity contribution in [3.8, 4) is 17.3 Å². The van der Waals surface area contributed by atoms with Crippen molar-refractivity contribution in [3.63, 3.8) is 0 Å². The maximum absolute atomic E-state index is 12.4. The van der Waals surface area contributed by atoms with E-state index in [1.165, 1.54) is 12.3 Å². The highest BCUT2D eigenvalue weighted by molar-refractivity contribution is 6.04. The van der Waals surface area contributed by atoms with E-state index in [-0.39, 0.29) is 5.69 Å². The van der Waals surface area contributed by atoms with Crippen LogP contribution in [-0.4, -0.2) is 25.8 Å². The Hall–Kier alpha value is -3.68. The summed E-state index contributed by atoms with van der Waals surface area (Å²) in [5.74, 6) is 0.965. The number of nitrogens with zero attached hydrogens (tertiary/aromatic N) is 4. The zero-order valence-electron chi connectivity index (χ0n) is 12.3. The fourth-order valence-corrected chi connectivity index (χ4v) is 2.17. The number of hydrogen-bond donors (Lipinski definition) is 1. The first-order chi connectivity index (χ1) is 11.8. The second kappa shape index (κ2) is 5.84. The van der Waals surface area contributed by atoms with Gasteiger partial charge in [-0.1, -0.05) is 5.16 Å². The maximum Gasteiger partial charge on any atom is 0.277 e. The van der Waals surface area contributed by atoms with Gasteiger partial charge in [0.05, 0.1) is 12.0 Å². The monoisotopic (exact) mass is 321 g/mol. The van der Waals surface area contributed by atoms with Crippen LogP contribution in [0.1, 0.15) is 10.5 Å². The fourth-order valence-electron chi connectivity index (χ4n) is 2.17. The molecule has 4 heterocycles. The minimum atomic E-state index is -0.419. The highest BCUT2D eigenvalue weighted by Gasteiger charge is 2.17. The summed E-state index contributed by atoms with van der Waals surface area (Å²) in [6.07, 6.45) is 6.51. The first-order valence-electron chi connectivity index (χ1n) is 7.08. The van der Waals surface area contributed by atoms with Gasteiger partial charge in [-0.3, -0.25) is 4.79 Å². The highest BCUT2D eigenvalue weighted by Crippen LogP contribution is 2.22. The second-order valence-corrected chi connectivity index (χ2v) is 4.83. The average molecular weight is 321 g/mol. The number of anilines is 1. The van der Waals surface area contributed by atoms with Crippen molar-refractivity contribution in [2.24, 2.45) is 0 Å². The van der Waals surface area contributed by atoms with E-state index in [0.29, 0.717) is 23.0 Å². The van der Waals surface area contributed by atoms with Crippen LogP contribution in [0.25, 0.3) is 17.3 Å². The summed E-state index contributed by atoms with van der Waals surface area (Å²) in [5, 5.41) is 10.7. The molecule has 1 amide bonds. The van der Waals surface area contributed by atoms with E-state index < -0.39 is 5.91 Å². The molecule has 0 aliphatic heterocycles. The number of aromatic nitrogens is 4. The SMILES string of the molecule is O=C(Nc1cccnc1-n1cccn1)c1cc(-c2ccco2)on1. The minimum Gasteiger partial charge on any atom is -0.461 e. The van der Waals surface area contributed by atoms with E-state index in [9.17, 15) is 4.79 Å². The molecule has 0 atom stereocenters. The molecule has 8 nitrogen and oxygen atoms in total. The molecule has 0 radical (unpaired) electrons. The topological polar surface area (TPSA) is 99.0 Å². The molecule has 1 N–H and O–H groups in total. The molecule has 0 spiro atoms. The van der Waals surface area contributed by atoms with Crippen molar-refractivity contribution in [2.45, 2.75) is 0 Å². The van der Waals surface area contributed by atoms with Crippen LogP contribution < -0.4 is 5.32 Å². The average Bonchev–Trinajstić information content (AvgIpc) is 3.35. The number of amides is 1. The van der Waals surface area contributed by atoms with E-state index in [4.69, 9.17) is 8.94 Å². The molecule has 0 aliphatic rings. The third kappa shape index (κ3) is 2.56. The van der Waals surface area contributed by atoms with Crippen molar-refractivity contribution in [1.82, 2.24) is 19.9 Å². The summed E-state index contributed by atoms with van der Waals surface area (Å²) in [5.41, 5.74) is 0.644. The largest absolute Gasteiger partial charge is 0.461 e. The zero-order chi connectivity index (χ0) is 16.4. The van der Waals surface area contributed by atoms with Crippen molar-refractivity contribution in [2.75, 3.05) is 5.32 Å². The number of rotatable bonds is 4. The first-order valence-corrected chi connectivity index (χ1v) is 7.08. The Morgan fingerprint density at radius 3 is 2.88 bits per heavy atom. The molecule has 0 unspecified atom stereocenters. The third-order valence-corrected chi connectivity index (χ3v) is 3.26. The number of carbonyl (C=O) groups is 1. The molecule has 0 saturated heterocycles. The van der Waals surface area contributed by atoms with Crippen molar-refractivity contribution in [3.05, 3.63) is 66.9 Å². The van der Waals surface area contributed by atoms with Crippen LogP contribution in [0.5, 0.6) is 0 Å². The molecule has 4 rings (SSSR count). The number of hydrogen-bond acceptors (Lipinski definition) is 6. The predicted molar refractivity (Wildman–Crippen MR) is 83.5 cm³/mol. The van der Waals surface area contributed by atoms with Gasteiger partial charge >= 0.3 is 0 Å². The van der Waals surface area contributed by atoms with Gasteiger partial charge in [-0.15, -0.1) is 0 Å². The number of nitrogens with one attached hydrogen (secondary N) is 1. The molecule has 0 aliphatic carbocycles. The molecule has 0 fully saturated rings. The Labute approximate surface area is 135 Å². The lowest BCUT2D eigenvalue weighted by molar-refractivity contribution is 0.101. The van der Waals surface area contributed by atoms with Gasteiger partial charge in [0.1, 0.15) is 0 Å². The third-order valence-electron chi connectivity index (χ3n) is 3.26. The van der Waals surface area contributed by atoms with Crippen molar-refractivity contribution in [1.29, 1.82) is 0 Å². The Morgan fingerprint density at radius 2 is 2.08 bits per heavy atom. The summed E-state index contributed by atoms with van der Waals surface area (Å²) in [7, 11) is 0. The van der Waals surface area contributed by atoms with Crippen LogP contribution in [0.2, 0.25) is 0 Å². The summed E-state index contributed by atoms with van der Waals surface area (Å²) < 4.78 is 11.9. The fraction of sp³-hybridized carbons (Fsp3) is 0. The molecule has 24 heavy (non-hydrogen) atoms. The predicted octanol–water partition coefficient (Wildman–Crippen LogP) is 2.77. The molecular weight excluding hydrogens is 310 g/mol. The second-order valence-electron chi connectivity index (χ2n) is 4.83. The summed E-state index contributed by atoms with van der Waals surface area (Å²) >= 11 is 0. The summed E-state index contributed by atoms with van der Waals surface area (Å²) in [4.78, 5) is 16.6. The Morgan fingerprint density at radius 1 is 1.12 bits per heavy atom. The normalized spacial score (nSPS) is 10.7. The van der Waals surface area contributed by atoms with E-state index in [1.54, 1.807) is 53.6 Å². The Kier molecular flexibility index (Phi) is 3.39. The van der Waals surface area contributed by atoms with E-state index in [1.807, 2.05) is 0 Å². The molecule has 8 heteroatoms. The molecule has 0 aromatic carbocycles. The standard InChI is InChI=1S/C16H11N5O3/c22-16(12-10-14(24-20-12)13-5-2-9-23-13)19-11-4-1-6-17-15(11)21-8-3-7-18-21/h1-10H,(H,19,22). The van der Waals surface area contributed by atoms with Crippen LogP contribution >= 0.6 is 0 Å². The van der Waals surface area contributed by atoms with Gasteiger partial charge in [0.2, 0.25) is 5.76 Å². The lowest BCUT2D eigenvalue weighted by atomic mass is 10.3. The van der Waals surface area contributed by atoms with Crippen LogP contribution in [0.15, 0.2) is 70.2 Å². The number of pyridine rings is 1. The Bertz CT molecular complexity index is 957. The van der Waals surface area contributed by atoms with Crippen LogP contribution in [0.4, 0.5) is 5.69 Å². The van der Waals surface area contributed by atoms with Gasteiger partial charge in [0, 0.05) is 24.7 Å². The van der Waals surface area contributed by atoms with Crippen molar-refractivity contribution >= 4 is 11.6 Å². The zero-order valence-corrected chi connectivity index (χ0v) is 12.3. The van der Waals surface area contributed by atoms with Crippen molar-refractivity contribution < 1.29 is 13.7 Å². The van der Waals surface area contributed by atoms with Gasteiger partial charge in [-0.05, 0) is 30.3 Å². The quantitative estimate of drug-likeness (QED) is 0.620. The van der Waals surface area contributed by atoms with Gasteiger partial charge in [-0.2, -0.15) is 5.10 Å². The van der Waals surface area contributed by atoms with Gasteiger partial charge in [0.15, 0.2) is 17.3 Å². The number of furan rings is 1.